The van der Waals surface area contributed by atoms with Crippen molar-refractivity contribution >= 4 is 21.6 Å². The summed E-state index contributed by atoms with van der Waals surface area (Å²) in [5.74, 6) is 0.540. The number of rotatable bonds is 6. The minimum atomic E-state index is -3.03. The molecule has 0 aliphatic carbocycles. The molecule has 2 rings (SSSR count). The van der Waals surface area contributed by atoms with Gasteiger partial charge in [-0.05, 0) is 38.8 Å². The number of hydrogen-bond donors (Lipinski definition) is 1. The van der Waals surface area contributed by atoms with E-state index in [9.17, 15) is 13.2 Å². The number of amides is 1. The van der Waals surface area contributed by atoms with Gasteiger partial charge in [0.25, 0.3) is 5.91 Å². The van der Waals surface area contributed by atoms with Gasteiger partial charge in [0.15, 0.2) is 15.5 Å². The molecule has 8 heteroatoms. The smallest absolute Gasteiger partial charge is 0.274 e. The number of carbonyl (C=O) groups excluding carboxylic acids is 1. The number of sulfone groups is 1. The Labute approximate surface area is 137 Å². The van der Waals surface area contributed by atoms with Crippen molar-refractivity contribution in [1.82, 2.24) is 15.1 Å². The van der Waals surface area contributed by atoms with Crippen LogP contribution in [0.1, 0.15) is 44.1 Å². The number of nitrogens with one attached hydrogen (secondary N) is 1. The van der Waals surface area contributed by atoms with Gasteiger partial charge in [0.2, 0.25) is 0 Å². The predicted octanol–water partition coefficient (Wildman–Crippen LogP) is 1.34. The van der Waals surface area contributed by atoms with Gasteiger partial charge in [0, 0.05) is 18.6 Å². The first-order valence-corrected chi connectivity index (χ1v) is 9.80. The lowest BCUT2D eigenvalue weighted by atomic mass is 10.2. The molecule has 0 aromatic carbocycles. The number of hydrogen-bond acceptors (Lipinski definition) is 6. The van der Waals surface area contributed by atoms with E-state index in [1.807, 2.05) is 13.8 Å². The summed E-state index contributed by atoms with van der Waals surface area (Å²) in [6.07, 6.45) is 1.45. The van der Waals surface area contributed by atoms with Gasteiger partial charge in [0.05, 0.1) is 11.5 Å². The van der Waals surface area contributed by atoms with Crippen LogP contribution in [0.2, 0.25) is 0 Å². The van der Waals surface area contributed by atoms with Crippen molar-refractivity contribution in [3.05, 3.63) is 17.8 Å². The van der Waals surface area contributed by atoms with Gasteiger partial charge in [-0.2, -0.15) is 0 Å². The molecule has 1 aliphatic rings. The summed E-state index contributed by atoms with van der Waals surface area (Å²) in [6.45, 7) is 6.40. The fourth-order valence-electron chi connectivity index (χ4n) is 2.61. The molecule has 23 heavy (non-hydrogen) atoms. The van der Waals surface area contributed by atoms with E-state index in [-0.39, 0.29) is 35.2 Å². The highest BCUT2D eigenvalue weighted by molar-refractivity contribution is 7.91. The molecule has 128 valence electrons. The van der Waals surface area contributed by atoms with Gasteiger partial charge in [-0.3, -0.25) is 4.79 Å². The van der Waals surface area contributed by atoms with Crippen LogP contribution in [0.3, 0.4) is 0 Å². The molecular formula is C15H24N4O3S. The van der Waals surface area contributed by atoms with Crippen molar-refractivity contribution in [2.24, 2.45) is 0 Å². The van der Waals surface area contributed by atoms with E-state index in [0.717, 1.165) is 6.42 Å². The Morgan fingerprint density at radius 1 is 1.39 bits per heavy atom. The first kappa shape index (κ1) is 17.7. The second kappa shape index (κ2) is 7.25. The quantitative estimate of drug-likeness (QED) is 0.840. The Balaban J connectivity index is 2.09. The summed E-state index contributed by atoms with van der Waals surface area (Å²) in [4.78, 5) is 14.2. The Hall–Kier alpha value is -1.70. The fraction of sp³-hybridized carbons (Fsp3) is 0.667. The summed E-state index contributed by atoms with van der Waals surface area (Å²) < 4.78 is 23.2. The fourth-order valence-corrected chi connectivity index (χ4v) is 4.34. The van der Waals surface area contributed by atoms with Crippen LogP contribution in [0.5, 0.6) is 0 Å². The van der Waals surface area contributed by atoms with E-state index in [0.29, 0.717) is 18.8 Å². The Morgan fingerprint density at radius 2 is 2.13 bits per heavy atom. The van der Waals surface area contributed by atoms with Gasteiger partial charge in [0.1, 0.15) is 5.82 Å². The van der Waals surface area contributed by atoms with Crippen LogP contribution >= 0.6 is 0 Å². The topological polar surface area (TPSA) is 92.3 Å². The summed E-state index contributed by atoms with van der Waals surface area (Å²) in [5.41, 5.74) is 0.242. The summed E-state index contributed by atoms with van der Waals surface area (Å²) in [6, 6.07) is 3.37. The monoisotopic (exact) mass is 340 g/mol. The Morgan fingerprint density at radius 3 is 2.61 bits per heavy atom. The molecule has 0 radical (unpaired) electrons. The molecule has 1 aromatic heterocycles. The van der Waals surface area contributed by atoms with E-state index in [2.05, 4.69) is 22.4 Å². The normalized spacial score (nSPS) is 20.9. The number of aromatic nitrogens is 2. The number of carbonyl (C=O) groups is 1. The van der Waals surface area contributed by atoms with Crippen molar-refractivity contribution in [1.29, 1.82) is 0 Å². The number of nitrogens with zero attached hydrogens (tertiary/aromatic N) is 3. The standard InChI is InChI=1S/C15H24N4O3S/c1-4-11(3)16-14-7-6-13(17-18-14)15(20)19(5-2)12-8-9-23(21,22)10-12/h6-7,11-12H,4-5,8-10H2,1-3H3,(H,16,18). The lowest BCUT2D eigenvalue weighted by Crippen LogP contribution is -2.41. The third-order valence-electron chi connectivity index (χ3n) is 4.14. The van der Waals surface area contributed by atoms with E-state index in [1.165, 1.54) is 0 Å². The van der Waals surface area contributed by atoms with Crippen LogP contribution in [-0.4, -0.2) is 59.6 Å². The molecule has 2 atom stereocenters. The largest absolute Gasteiger partial charge is 0.366 e. The van der Waals surface area contributed by atoms with E-state index < -0.39 is 9.84 Å². The molecule has 1 fully saturated rings. The van der Waals surface area contributed by atoms with Crippen LogP contribution in [-0.2, 0) is 9.84 Å². The van der Waals surface area contributed by atoms with E-state index in [1.54, 1.807) is 17.0 Å². The van der Waals surface area contributed by atoms with Crippen LogP contribution in [0.4, 0.5) is 5.82 Å². The van der Waals surface area contributed by atoms with Crippen LogP contribution in [0, 0.1) is 0 Å². The minimum absolute atomic E-state index is 0.0354. The average molecular weight is 340 g/mol. The zero-order valence-corrected chi connectivity index (χ0v) is 14.6. The highest BCUT2D eigenvalue weighted by Gasteiger charge is 2.34. The van der Waals surface area contributed by atoms with Crippen molar-refractivity contribution < 1.29 is 13.2 Å². The highest BCUT2D eigenvalue weighted by atomic mass is 32.2. The average Bonchev–Trinajstić information content (AvgIpc) is 2.88. The van der Waals surface area contributed by atoms with Gasteiger partial charge in [-0.1, -0.05) is 6.92 Å². The van der Waals surface area contributed by atoms with Crippen LogP contribution < -0.4 is 5.32 Å². The lowest BCUT2D eigenvalue weighted by Gasteiger charge is -2.26. The maximum Gasteiger partial charge on any atom is 0.274 e. The summed E-state index contributed by atoms with van der Waals surface area (Å²) >= 11 is 0. The SMILES string of the molecule is CCC(C)Nc1ccc(C(=O)N(CC)C2CCS(=O)(=O)C2)nn1. The molecule has 0 spiro atoms. The number of anilines is 1. The van der Waals surface area contributed by atoms with Gasteiger partial charge in [-0.15, -0.1) is 10.2 Å². The molecule has 0 bridgehead atoms. The van der Waals surface area contributed by atoms with Crippen LogP contribution in [0.15, 0.2) is 12.1 Å². The first-order valence-electron chi connectivity index (χ1n) is 7.98. The zero-order chi connectivity index (χ0) is 17.0. The Bertz CT molecular complexity index is 645. The molecule has 1 amide bonds. The van der Waals surface area contributed by atoms with Crippen molar-refractivity contribution in [2.45, 2.75) is 45.7 Å². The van der Waals surface area contributed by atoms with Crippen molar-refractivity contribution in [3.63, 3.8) is 0 Å². The second-order valence-corrected chi connectivity index (χ2v) is 8.13. The lowest BCUT2D eigenvalue weighted by molar-refractivity contribution is 0.0701. The minimum Gasteiger partial charge on any atom is -0.366 e. The van der Waals surface area contributed by atoms with Gasteiger partial charge < -0.3 is 10.2 Å². The maximum atomic E-state index is 12.6. The molecule has 1 aliphatic heterocycles. The third kappa shape index (κ3) is 4.40. The molecule has 1 aromatic rings. The molecule has 2 unspecified atom stereocenters. The van der Waals surface area contributed by atoms with Gasteiger partial charge in [-0.25, -0.2) is 8.42 Å². The zero-order valence-electron chi connectivity index (χ0n) is 13.8. The maximum absolute atomic E-state index is 12.6. The molecule has 7 nitrogen and oxygen atoms in total. The van der Waals surface area contributed by atoms with Gasteiger partial charge >= 0.3 is 0 Å². The highest BCUT2D eigenvalue weighted by Crippen LogP contribution is 2.19. The molecule has 0 saturated carbocycles. The van der Waals surface area contributed by atoms with Crippen LogP contribution in [0.25, 0.3) is 0 Å². The summed E-state index contributed by atoms with van der Waals surface area (Å²) in [7, 11) is -3.03. The third-order valence-corrected chi connectivity index (χ3v) is 5.89. The molecular weight excluding hydrogens is 316 g/mol. The van der Waals surface area contributed by atoms with E-state index >= 15 is 0 Å². The summed E-state index contributed by atoms with van der Waals surface area (Å²) in [5, 5.41) is 11.2. The van der Waals surface area contributed by atoms with E-state index in [4.69, 9.17) is 0 Å². The Kier molecular flexibility index (Phi) is 5.56. The predicted molar refractivity (Wildman–Crippen MR) is 89.2 cm³/mol. The second-order valence-electron chi connectivity index (χ2n) is 5.91. The molecule has 1 N–H and O–H groups in total. The molecule has 1 saturated heterocycles. The molecule has 2 heterocycles. The van der Waals surface area contributed by atoms with Crippen molar-refractivity contribution in [3.8, 4) is 0 Å². The van der Waals surface area contributed by atoms with Crippen molar-refractivity contribution in [2.75, 3.05) is 23.4 Å². The first-order chi connectivity index (χ1) is 10.9.